The van der Waals surface area contributed by atoms with Crippen LogP contribution in [0, 0.1) is 6.92 Å². The van der Waals surface area contributed by atoms with Gasteiger partial charge in [-0.2, -0.15) is 0 Å². The molecular weight excluding hydrogens is 330 g/mol. The molecule has 1 aromatic rings. The number of thioether (sulfide) groups is 1. The van der Waals surface area contributed by atoms with E-state index in [1.165, 1.54) is 11.8 Å². The van der Waals surface area contributed by atoms with Crippen LogP contribution in [0.3, 0.4) is 0 Å². The summed E-state index contributed by atoms with van der Waals surface area (Å²) >= 11 is 4.80. The third kappa shape index (κ3) is 3.51. The fourth-order valence-corrected chi connectivity index (χ4v) is 3.02. The Labute approximate surface area is 124 Å². The monoisotopic (exact) mass is 343 g/mol. The minimum absolute atomic E-state index is 0.229. The molecule has 0 aliphatic heterocycles. The van der Waals surface area contributed by atoms with E-state index in [4.69, 9.17) is 5.11 Å². The summed E-state index contributed by atoms with van der Waals surface area (Å²) in [4.78, 5) is 23.7. The Morgan fingerprint density at radius 2 is 2.16 bits per heavy atom. The smallest absolute Gasteiger partial charge is 0.329 e. The van der Waals surface area contributed by atoms with Gasteiger partial charge in [-0.05, 0) is 43.5 Å². The van der Waals surface area contributed by atoms with Gasteiger partial charge in [0.05, 0.1) is 5.75 Å². The number of aliphatic carboxylic acids is 1. The average molecular weight is 344 g/mol. The predicted octanol–water partition coefficient (Wildman–Crippen LogP) is 2.58. The average Bonchev–Trinajstić information content (AvgIpc) is 3.09. The molecule has 1 saturated carbocycles. The van der Waals surface area contributed by atoms with E-state index in [0.717, 1.165) is 14.9 Å². The minimum Gasteiger partial charge on any atom is -0.480 e. The van der Waals surface area contributed by atoms with Gasteiger partial charge in [-0.25, -0.2) is 4.79 Å². The topological polar surface area (TPSA) is 66.4 Å². The Bertz CT molecular complexity index is 529. The second kappa shape index (κ2) is 5.54. The van der Waals surface area contributed by atoms with Crippen LogP contribution in [0.4, 0.5) is 0 Å². The van der Waals surface area contributed by atoms with Crippen molar-refractivity contribution in [1.29, 1.82) is 0 Å². The number of rotatable bonds is 5. The molecule has 0 atom stereocenters. The largest absolute Gasteiger partial charge is 0.480 e. The van der Waals surface area contributed by atoms with Gasteiger partial charge in [-0.1, -0.05) is 15.9 Å². The van der Waals surface area contributed by atoms with E-state index in [2.05, 4.69) is 21.2 Å². The highest BCUT2D eigenvalue weighted by atomic mass is 79.9. The molecule has 1 fully saturated rings. The summed E-state index contributed by atoms with van der Waals surface area (Å²) in [6.45, 7) is 1.98. The molecule has 1 aliphatic carbocycles. The fourth-order valence-electron chi connectivity index (χ4n) is 1.74. The fraction of sp³-hybridized carbons (Fsp3) is 0.385. The Balaban J connectivity index is 1.89. The van der Waals surface area contributed by atoms with Gasteiger partial charge in [0.25, 0.3) is 0 Å². The van der Waals surface area contributed by atoms with Crippen LogP contribution in [0.25, 0.3) is 0 Å². The zero-order chi connectivity index (χ0) is 14.0. The molecule has 1 aliphatic rings. The third-order valence-electron chi connectivity index (χ3n) is 3.03. The molecule has 4 nitrogen and oxygen atoms in total. The first kappa shape index (κ1) is 14.4. The number of benzene rings is 1. The SMILES string of the molecule is Cc1cc(Br)ccc1SCC(=O)NC1(C(=O)O)CC1. The molecule has 19 heavy (non-hydrogen) atoms. The van der Waals surface area contributed by atoms with Crippen molar-refractivity contribution < 1.29 is 14.7 Å². The van der Waals surface area contributed by atoms with Crippen molar-refractivity contribution >= 4 is 39.6 Å². The van der Waals surface area contributed by atoms with Gasteiger partial charge in [0, 0.05) is 9.37 Å². The first-order valence-corrected chi connectivity index (χ1v) is 7.64. The molecule has 6 heteroatoms. The van der Waals surface area contributed by atoms with Gasteiger partial charge in [0.2, 0.25) is 5.91 Å². The minimum atomic E-state index is -0.994. The van der Waals surface area contributed by atoms with Crippen molar-refractivity contribution in [2.45, 2.75) is 30.2 Å². The predicted molar refractivity (Wildman–Crippen MR) is 77.3 cm³/mol. The number of carbonyl (C=O) groups is 2. The third-order valence-corrected chi connectivity index (χ3v) is 4.70. The summed E-state index contributed by atoms with van der Waals surface area (Å²) in [7, 11) is 0. The maximum absolute atomic E-state index is 11.8. The maximum atomic E-state index is 11.8. The van der Waals surface area contributed by atoms with E-state index in [9.17, 15) is 9.59 Å². The Kier molecular flexibility index (Phi) is 4.20. The molecule has 2 rings (SSSR count). The van der Waals surface area contributed by atoms with E-state index in [1.54, 1.807) is 0 Å². The van der Waals surface area contributed by atoms with Crippen molar-refractivity contribution in [2.75, 3.05) is 5.75 Å². The Hall–Kier alpha value is -1.01. The molecule has 0 aromatic heterocycles. The van der Waals surface area contributed by atoms with Crippen LogP contribution in [0.1, 0.15) is 18.4 Å². The van der Waals surface area contributed by atoms with E-state index < -0.39 is 11.5 Å². The lowest BCUT2D eigenvalue weighted by atomic mass is 10.2. The summed E-state index contributed by atoms with van der Waals surface area (Å²) in [5.74, 6) is -0.935. The van der Waals surface area contributed by atoms with Crippen LogP contribution < -0.4 is 5.32 Å². The summed E-state index contributed by atoms with van der Waals surface area (Å²) in [6, 6.07) is 5.86. The molecule has 0 spiro atoms. The van der Waals surface area contributed by atoms with Crippen molar-refractivity contribution in [1.82, 2.24) is 5.32 Å². The van der Waals surface area contributed by atoms with Crippen molar-refractivity contribution in [3.8, 4) is 0 Å². The van der Waals surface area contributed by atoms with Crippen molar-refractivity contribution in [3.63, 3.8) is 0 Å². The second-order valence-corrected chi connectivity index (χ2v) is 6.57. The number of nitrogens with one attached hydrogen (secondary N) is 1. The maximum Gasteiger partial charge on any atom is 0.329 e. The summed E-state index contributed by atoms with van der Waals surface area (Å²) in [5, 5.41) is 11.6. The zero-order valence-corrected chi connectivity index (χ0v) is 12.8. The number of halogens is 1. The van der Waals surface area contributed by atoms with Gasteiger partial charge in [-0.3, -0.25) is 4.79 Å². The molecule has 102 valence electrons. The molecule has 0 heterocycles. The van der Waals surface area contributed by atoms with E-state index in [1.807, 2.05) is 25.1 Å². The molecule has 0 bridgehead atoms. The molecule has 1 aromatic carbocycles. The van der Waals surface area contributed by atoms with E-state index in [-0.39, 0.29) is 11.7 Å². The van der Waals surface area contributed by atoms with Gasteiger partial charge in [0.15, 0.2) is 0 Å². The number of carboxylic acids is 1. The quantitative estimate of drug-likeness (QED) is 0.806. The Morgan fingerprint density at radius 3 is 2.68 bits per heavy atom. The van der Waals surface area contributed by atoms with Crippen LogP contribution in [-0.2, 0) is 9.59 Å². The second-order valence-electron chi connectivity index (χ2n) is 4.63. The van der Waals surface area contributed by atoms with Crippen molar-refractivity contribution in [2.24, 2.45) is 0 Å². The summed E-state index contributed by atoms with van der Waals surface area (Å²) in [6.07, 6.45) is 1.05. The number of carboxylic acid groups (broad SMARTS) is 1. The normalized spacial score (nSPS) is 15.9. The van der Waals surface area contributed by atoms with Crippen LogP contribution in [0.5, 0.6) is 0 Å². The standard InChI is InChI=1S/C13H14BrNO3S/c1-8-6-9(14)2-3-10(8)19-7-11(16)15-13(4-5-13)12(17)18/h2-3,6H,4-5,7H2,1H3,(H,15,16)(H,17,18). The number of hydrogen-bond acceptors (Lipinski definition) is 3. The number of hydrogen-bond donors (Lipinski definition) is 2. The van der Waals surface area contributed by atoms with E-state index >= 15 is 0 Å². The Morgan fingerprint density at radius 1 is 1.47 bits per heavy atom. The van der Waals surface area contributed by atoms with E-state index in [0.29, 0.717) is 12.8 Å². The molecule has 0 radical (unpaired) electrons. The highest BCUT2D eigenvalue weighted by Crippen LogP contribution is 2.35. The lowest BCUT2D eigenvalue weighted by molar-refractivity contribution is -0.142. The van der Waals surface area contributed by atoms with Gasteiger partial charge >= 0.3 is 5.97 Å². The van der Waals surface area contributed by atoms with Gasteiger partial charge in [0.1, 0.15) is 5.54 Å². The van der Waals surface area contributed by atoms with Crippen LogP contribution in [-0.4, -0.2) is 28.3 Å². The molecular formula is C13H14BrNO3S. The number of aryl methyl sites for hydroxylation is 1. The molecule has 0 unspecified atom stereocenters. The van der Waals surface area contributed by atoms with Gasteiger partial charge in [-0.15, -0.1) is 11.8 Å². The molecule has 0 saturated heterocycles. The number of carbonyl (C=O) groups excluding carboxylic acids is 1. The van der Waals surface area contributed by atoms with Crippen molar-refractivity contribution in [3.05, 3.63) is 28.2 Å². The highest BCUT2D eigenvalue weighted by molar-refractivity contribution is 9.10. The van der Waals surface area contributed by atoms with Crippen LogP contribution in [0.2, 0.25) is 0 Å². The first-order chi connectivity index (χ1) is 8.93. The number of amides is 1. The van der Waals surface area contributed by atoms with Crippen LogP contribution in [0.15, 0.2) is 27.6 Å². The first-order valence-electron chi connectivity index (χ1n) is 5.86. The van der Waals surface area contributed by atoms with Gasteiger partial charge < -0.3 is 10.4 Å². The highest BCUT2D eigenvalue weighted by Gasteiger charge is 2.51. The summed E-state index contributed by atoms with van der Waals surface area (Å²) < 4.78 is 1.00. The lowest BCUT2D eigenvalue weighted by Gasteiger charge is -2.12. The van der Waals surface area contributed by atoms with Crippen LogP contribution >= 0.6 is 27.7 Å². The molecule has 1 amide bonds. The molecule has 2 N–H and O–H groups in total. The summed E-state index contributed by atoms with van der Waals surface area (Å²) in [5.41, 5.74) is 0.0957. The lowest BCUT2D eigenvalue weighted by Crippen LogP contribution is -2.43. The zero-order valence-electron chi connectivity index (χ0n) is 10.4.